The van der Waals surface area contributed by atoms with Crippen LogP contribution in [0.25, 0.3) is 10.9 Å². The first-order valence-electron chi connectivity index (χ1n) is 10.6. The molecule has 1 aromatic carbocycles. The predicted molar refractivity (Wildman–Crippen MR) is 120 cm³/mol. The van der Waals surface area contributed by atoms with Crippen molar-refractivity contribution in [2.75, 3.05) is 31.1 Å². The van der Waals surface area contributed by atoms with Crippen LogP contribution in [0.2, 0.25) is 0 Å². The van der Waals surface area contributed by atoms with Crippen LogP contribution in [0.3, 0.4) is 0 Å². The number of hydrogen-bond donors (Lipinski definition) is 0. The zero-order valence-electron chi connectivity index (χ0n) is 18.2. The van der Waals surface area contributed by atoms with Gasteiger partial charge < -0.3 is 4.90 Å². The van der Waals surface area contributed by atoms with E-state index in [1.165, 1.54) is 4.57 Å². The van der Waals surface area contributed by atoms with Gasteiger partial charge in [-0.25, -0.2) is 15.0 Å². The Morgan fingerprint density at radius 2 is 1.84 bits per heavy atom. The van der Waals surface area contributed by atoms with Gasteiger partial charge in [0.05, 0.1) is 23.5 Å². The number of hydrogen-bond acceptors (Lipinski definition) is 7. The highest BCUT2D eigenvalue weighted by atomic mass is 16.1. The van der Waals surface area contributed by atoms with Crippen LogP contribution in [-0.2, 0) is 13.1 Å². The Kier molecular flexibility index (Phi) is 5.96. The molecule has 0 amide bonds. The molecule has 0 unspecified atom stereocenters. The number of aryl methyl sites for hydroxylation is 1. The first kappa shape index (κ1) is 20.9. The second kappa shape index (κ2) is 8.82. The lowest BCUT2D eigenvalue weighted by atomic mass is 10.2. The highest BCUT2D eigenvalue weighted by Gasteiger charge is 2.21. The molecule has 1 aliphatic heterocycles. The minimum Gasteiger partial charge on any atom is -0.354 e. The zero-order valence-corrected chi connectivity index (χ0v) is 18.2. The number of rotatable bonds is 5. The van der Waals surface area contributed by atoms with Gasteiger partial charge in [0.2, 0.25) is 0 Å². The lowest BCUT2D eigenvalue weighted by Gasteiger charge is -2.35. The molecule has 160 valence electrons. The van der Waals surface area contributed by atoms with E-state index in [4.69, 9.17) is 9.97 Å². The van der Waals surface area contributed by atoms with Gasteiger partial charge in [0.25, 0.3) is 5.56 Å². The topological polar surface area (TPSA) is 90.9 Å². The van der Waals surface area contributed by atoms with E-state index in [1.807, 2.05) is 31.2 Å². The lowest BCUT2D eigenvalue weighted by Crippen LogP contribution is -2.47. The molecule has 0 spiro atoms. The number of benzene rings is 1. The van der Waals surface area contributed by atoms with E-state index >= 15 is 0 Å². The summed E-state index contributed by atoms with van der Waals surface area (Å²) < 4.78 is 1.50. The van der Waals surface area contributed by atoms with Crippen molar-refractivity contribution < 1.29 is 0 Å². The van der Waals surface area contributed by atoms with Crippen molar-refractivity contribution in [3.63, 3.8) is 0 Å². The number of para-hydroxylation sites is 1. The molecule has 8 heteroatoms. The third-order valence-corrected chi connectivity index (χ3v) is 5.61. The summed E-state index contributed by atoms with van der Waals surface area (Å²) in [5, 5.41) is 9.77. The molecule has 1 saturated heterocycles. The molecule has 2 aromatic heterocycles. The molecular weight excluding hydrogens is 390 g/mol. The van der Waals surface area contributed by atoms with Crippen molar-refractivity contribution in [1.29, 1.82) is 5.26 Å². The highest BCUT2D eigenvalue weighted by molar-refractivity contribution is 5.77. The Balaban J connectivity index is 1.52. The molecule has 0 aliphatic carbocycles. The van der Waals surface area contributed by atoms with E-state index in [9.17, 15) is 10.1 Å². The third-order valence-electron chi connectivity index (χ3n) is 5.61. The van der Waals surface area contributed by atoms with Crippen molar-refractivity contribution in [1.82, 2.24) is 24.4 Å². The van der Waals surface area contributed by atoms with Crippen LogP contribution >= 0.6 is 0 Å². The maximum atomic E-state index is 12.9. The SMILES string of the molecule is Cc1cc(N2CCN(Cc3nc4ccccc4c(=O)n3CC#N)CC2)nc(C(C)C)n1. The quantitative estimate of drug-likeness (QED) is 0.630. The molecule has 0 atom stereocenters. The van der Waals surface area contributed by atoms with Gasteiger partial charge in [-0.1, -0.05) is 26.0 Å². The summed E-state index contributed by atoms with van der Waals surface area (Å²) >= 11 is 0. The number of anilines is 1. The molecule has 31 heavy (non-hydrogen) atoms. The van der Waals surface area contributed by atoms with Gasteiger partial charge >= 0.3 is 0 Å². The highest BCUT2D eigenvalue weighted by Crippen LogP contribution is 2.19. The third kappa shape index (κ3) is 4.42. The van der Waals surface area contributed by atoms with E-state index in [1.54, 1.807) is 6.07 Å². The van der Waals surface area contributed by atoms with E-state index < -0.39 is 0 Å². The summed E-state index contributed by atoms with van der Waals surface area (Å²) in [6, 6.07) is 11.4. The van der Waals surface area contributed by atoms with Crippen LogP contribution in [-0.4, -0.2) is 50.6 Å². The van der Waals surface area contributed by atoms with Crippen molar-refractivity contribution in [3.05, 3.63) is 58.0 Å². The fourth-order valence-corrected chi connectivity index (χ4v) is 3.90. The van der Waals surface area contributed by atoms with E-state index in [2.05, 4.69) is 34.7 Å². The average Bonchev–Trinajstić information content (AvgIpc) is 2.76. The minimum atomic E-state index is -0.154. The number of aromatic nitrogens is 4. The summed E-state index contributed by atoms with van der Waals surface area (Å²) in [4.78, 5) is 31.4. The molecule has 0 N–H and O–H groups in total. The molecular formula is C23H27N7O. The van der Waals surface area contributed by atoms with Crippen LogP contribution in [0.5, 0.6) is 0 Å². The molecule has 0 radical (unpaired) electrons. The van der Waals surface area contributed by atoms with Crippen molar-refractivity contribution in [3.8, 4) is 6.07 Å². The largest absolute Gasteiger partial charge is 0.354 e. The maximum absolute atomic E-state index is 12.9. The normalized spacial score (nSPS) is 14.9. The number of nitrogens with zero attached hydrogens (tertiary/aromatic N) is 7. The molecule has 3 heterocycles. The molecule has 1 aliphatic rings. The summed E-state index contributed by atoms with van der Waals surface area (Å²) in [6.07, 6.45) is 0. The van der Waals surface area contributed by atoms with E-state index in [0.29, 0.717) is 23.3 Å². The predicted octanol–water partition coefficient (Wildman–Crippen LogP) is 2.46. The first-order chi connectivity index (χ1) is 15.0. The monoisotopic (exact) mass is 417 g/mol. The lowest BCUT2D eigenvalue weighted by molar-refractivity contribution is 0.239. The first-order valence-corrected chi connectivity index (χ1v) is 10.6. The number of fused-ring (bicyclic) bond motifs is 1. The molecule has 0 bridgehead atoms. The van der Waals surface area contributed by atoms with Crippen LogP contribution in [0.4, 0.5) is 5.82 Å². The van der Waals surface area contributed by atoms with Crippen LogP contribution in [0.1, 0.15) is 37.1 Å². The smallest absolute Gasteiger partial charge is 0.262 e. The molecule has 3 aromatic rings. The Labute approximate surface area is 181 Å². The van der Waals surface area contributed by atoms with Gasteiger partial charge in [-0.2, -0.15) is 5.26 Å². The summed E-state index contributed by atoms with van der Waals surface area (Å²) in [5.41, 5.74) is 1.50. The van der Waals surface area contributed by atoms with E-state index in [0.717, 1.165) is 43.5 Å². The molecule has 0 saturated carbocycles. The minimum absolute atomic E-state index is 0.00412. The van der Waals surface area contributed by atoms with Gasteiger partial charge in [-0.15, -0.1) is 0 Å². The van der Waals surface area contributed by atoms with Gasteiger partial charge in [0.1, 0.15) is 24.0 Å². The van der Waals surface area contributed by atoms with Gasteiger partial charge in [0, 0.05) is 43.9 Å². The van der Waals surface area contributed by atoms with Crippen molar-refractivity contribution >= 4 is 16.7 Å². The van der Waals surface area contributed by atoms with Crippen LogP contribution < -0.4 is 10.5 Å². The van der Waals surface area contributed by atoms with Crippen molar-refractivity contribution in [2.24, 2.45) is 0 Å². The Bertz CT molecular complexity index is 1190. The zero-order chi connectivity index (χ0) is 22.0. The average molecular weight is 418 g/mol. The second-order valence-electron chi connectivity index (χ2n) is 8.24. The Morgan fingerprint density at radius 1 is 1.10 bits per heavy atom. The Hall–Kier alpha value is -3.31. The molecule has 8 nitrogen and oxygen atoms in total. The molecule has 1 fully saturated rings. The van der Waals surface area contributed by atoms with Gasteiger partial charge in [-0.05, 0) is 19.1 Å². The number of piperazine rings is 1. The van der Waals surface area contributed by atoms with Crippen molar-refractivity contribution in [2.45, 2.75) is 39.8 Å². The maximum Gasteiger partial charge on any atom is 0.262 e. The summed E-state index contributed by atoms with van der Waals surface area (Å²) in [7, 11) is 0. The van der Waals surface area contributed by atoms with E-state index in [-0.39, 0.29) is 18.0 Å². The fraction of sp³-hybridized carbons (Fsp3) is 0.435. The van der Waals surface area contributed by atoms with Gasteiger partial charge in [0.15, 0.2) is 0 Å². The molecule has 4 rings (SSSR count). The number of nitriles is 1. The standard InChI is InChI=1S/C23H27N7O/c1-16(2)22-25-17(3)14-20(27-22)29-12-10-28(11-13-29)15-21-26-19-7-5-4-6-18(19)23(31)30(21)9-8-24/h4-7,14,16H,9-13,15H2,1-3H3. The van der Waals surface area contributed by atoms with Crippen LogP contribution in [0, 0.1) is 18.3 Å². The summed E-state index contributed by atoms with van der Waals surface area (Å²) in [6.45, 7) is 10.1. The van der Waals surface area contributed by atoms with Gasteiger partial charge in [-0.3, -0.25) is 14.3 Å². The summed E-state index contributed by atoms with van der Waals surface area (Å²) in [5.74, 6) is 2.77. The Morgan fingerprint density at radius 3 is 2.55 bits per heavy atom. The van der Waals surface area contributed by atoms with Crippen LogP contribution in [0.15, 0.2) is 35.1 Å². The fourth-order valence-electron chi connectivity index (χ4n) is 3.90. The second-order valence-corrected chi connectivity index (χ2v) is 8.24.